The zero-order chi connectivity index (χ0) is 23.7. The predicted octanol–water partition coefficient (Wildman–Crippen LogP) is 4.77. The van der Waals surface area contributed by atoms with Crippen LogP contribution in [0.15, 0.2) is 77.8 Å². The first-order valence-corrected chi connectivity index (χ1v) is 11.0. The molecule has 4 aromatic rings. The largest absolute Gasteiger partial charge is 0.494 e. The molecule has 8 nitrogen and oxygen atoms in total. The number of aromatic hydroxyl groups is 1. The van der Waals surface area contributed by atoms with Gasteiger partial charge >= 0.3 is 0 Å². The zero-order valence-electron chi connectivity index (χ0n) is 18.2. The van der Waals surface area contributed by atoms with E-state index in [9.17, 15) is 20.0 Å². The molecule has 1 aromatic heterocycles. The number of nitro benzene ring substituents is 1. The van der Waals surface area contributed by atoms with Gasteiger partial charge in [-0.15, -0.1) is 0 Å². The monoisotopic (exact) mass is 454 g/mol. The molecule has 5 rings (SSSR count). The van der Waals surface area contributed by atoms with Crippen molar-refractivity contribution in [1.29, 1.82) is 0 Å². The van der Waals surface area contributed by atoms with Crippen molar-refractivity contribution >= 4 is 33.9 Å². The van der Waals surface area contributed by atoms with Crippen molar-refractivity contribution in [2.24, 2.45) is 4.99 Å². The first kappa shape index (κ1) is 21.4. The summed E-state index contributed by atoms with van der Waals surface area (Å²) in [6.07, 6.45) is 2.16. The summed E-state index contributed by atoms with van der Waals surface area (Å²) < 4.78 is 0. The normalized spacial score (nSPS) is 16.1. The van der Waals surface area contributed by atoms with Gasteiger partial charge in [-0.25, -0.2) is 4.99 Å². The van der Waals surface area contributed by atoms with Gasteiger partial charge < -0.3 is 15.4 Å². The smallest absolute Gasteiger partial charge is 0.270 e. The number of fused-ring (bicyclic) bond motifs is 1. The summed E-state index contributed by atoms with van der Waals surface area (Å²) in [6, 6.07) is 21.7. The molecule has 0 bridgehead atoms. The van der Waals surface area contributed by atoms with Crippen molar-refractivity contribution in [2.45, 2.75) is 25.3 Å². The molecule has 1 fully saturated rings. The number of carbonyl (C=O) groups is 1. The highest BCUT2D eigenvalue weighted by Crippen LogP contribution is 2.33. The molecule has 2 heterocycles. The van der Waals surface area contributed by atoms with E-state index in [4.69, 9.17) is 4.99 Å². The van der Waals surface area contributed by atoms with Gasteiger partial charge in [0.1, 0.15) is 0 Å². The lowest BCUT2D eigenvalue weighted by atomic mass is 10.00. The van der Waals surface area contributed by atoms with E-state index in [-0.39, 0.29) is 23.5 Å². The summed E-state index contributed by atoms with van der Waals surface area (Å²) in [4.78, 5) is 30.1. The first-order valence-electron chi connectivity index (χ1n) is 11.0. The Morgan fingerprint density at radius 3 is 2.53 bits per heavy atom. The van der Waals surface area contributed by atoms with Gasteiger partial charge in [-0.2, -0.15) is 0 Å². The number of amides is 1. The first-order chi connectivity index (χ1) is 16.5. The molecular formula is C26H22N4O4. The van der Waals surface area contributed by atoms with Crippen LogP contribution < -0.4 is 5.32 Å². The van der Waals surface area contributed by atoms with Crippen molar-refractivity contribution in [1.82, 2.24) is 10.3 Å². The molecule has 0 spiro atoms. The summed E-state index contributed by atoms with van der Waals surface area (Å²) in [5.74, 6) is -0.0100. The Kier molecular flexibility index (Phi) is 5.55. The molecule has 3 aromatic carbocycles. The number of rotatable bonds is 6. The van der Waals surface area contributed by atoms with Crippen molar-refractivity contribution in [3.63, 3.8) is 0 Å². The number of aromatic amines is 1. The molecule has 1 aliphatic rings. The molecule has 0 aliphatic carbocycles. The minimum absolute atomic E-state index is 0.0662. The molecule has 0 radical (unpaired) electrons. The Morgan fingerprint density at radius 2 is 1.85 bits per heavy atom. The van der Waals surface area contributed by atoms with Crippen LogP contribution in [0, 0.1) is 10.1 Å². The van der Waals surface area contributed by atoms with Crippen LogP contribution in [0.2, 0.25) is 0 Å². The van der Waals surface area contributed by atoms with E-state index in [1.54, 1.807) is 6.07 Å². The van der Waals surface area contributed by atoms with Gasteiger partial charge in [0.15, 0.2) is 5.88 Å². The fourth-order valence-corrected chi connectivity index (χ4v) is 4.33. The molecule has 1 unspecified atom stereocenters. The zero-order valence-corrected chi connectivity index (χ0v) is 18.2. The average Bonchev–Trinajstić information content (AvgIpc) is 3.40. The Morgan fingerprint density at radius 1 is 1.09 bits per heavy atom. The van der Waals surface area contributed by atoms with E-state index < -0.39 is 4.92 Å². The van der Waals surface area contributed by atoms with Crippen LogP contribution in [0.25, 0.3) is 10.9 Å². The lowest BCUT2D eigenvalue weighted by Crippen LogP contribution is -2.27. The Labute approximate surface area is 195 Å². The number of H-pyrrole nitrogens is 1. The molecule has 0 saturated carbocycles. The van der Waals surface area contributed by atoms with Crippen molar-refractivity contribution < 1.29 is 14.8 Å². The fourth-order valence-electron chi connectivity index (χ4n) is 4.33. The van der Waals surface area contributed by atoms with Gasteiger partial charge in [0, 0.05) is 41.1 Å². The maximum absolute atomic E-state index is 11.5. The summed E-state index contributed by atoms with van der Waals surface area (Å²) in [5, 5.41) is 25.6. The van der Waals surface area contributed by atoms with Crippen LogP contribution in [0.5, 0.6) is 5.88 Å². The predicted molar refractivity (Wildman–Crippen MR) is 130 cm³/mol. The number of hydrogen-bond donors (Lipinski definition) is 3. The number of hydrogen-bond acceptors (Lipinski definition) is 5. The van der Waals surface area contributed by atoms with Crippen LogP contribution >= 0.6 is 0 Å². The number of aromatic nitrogens is 1. The molecule has 170 valence electrons. The van der Waals surface area contributed by atoms with E-state index >= 15 is 0 Å². The highest BCUT2D eigenvalue weighted by Gasteiger charge is 2.22. The van der Waals surface area contributed by atoms with Gasteiger partial charge in [0.05, 0.1) is 21.9 Å². The summed E-state index contributed by atoms with van der Waals surface area (Å²) in [7, 11) is 0. The third-order valence-electron chi connectivity index (χ3n) is 6.00. The van der Waals surface area contributed by atoms with Gasteiger partial charge in [0.25, 0.3) is 5.69 Å². The lowest BCUT2D eigenvalue weighted by molar-refractivity contribution is -0.384. The summed E-state index contributed by atoms with van der Waals surface area (Å²) >= 11 is 0. The van der Waals surface area contributed by atoms with Crippen molar-refractivity contribution in [3.05, 3.63) is 99.6 Å². The van der Waals surface area contributed by atoms with E-state index in [0.717, 1.165) is 24.0 Å². The highest BCUT2D eigenvalue weighted by atomic mass is 16.6. The molecule has 8 heteroatoms. The fraction of sp³-hybridized carbons (Fsp3) is 0.154. The number of non-ortho nitro benzene ring substituents is 1. The van der Waals surface area contributed by atoms with Gasteiger partial charge in [-0.05, 0) is 36.6 Å². The topological polar surface area (TPSA) is 121 Å². The number of benzene rings is 3. The maximum Gasteiger partial charge on any atom is 0.270 e. The minimum atomic E-state index is -0.460. The number of nitrogens with one attached hydrogen (secondary N) is 2. The Hall–Kier alpha value is -4.46. The van der Waals surface area contributed by atoms with Crippen LogP contribution in [0.3, 0.4) is 0 Å². The van der Waals surface area contributed by atoms with E-state index in [1.165, 1.54) is 12.1 Å². The molecule has 1 atom stereocenters. The second-order valence-electron chi connectivity index (χ2n) is 8.34. The third-order valence-corrected chi connectivity index (χ3v) is 6.00. The lowest BCUT2D eigenvalue weighted by Gasteiger charge is -2.11. The number of nitrogens with zero attached hydrogens (tertiary/aromatic N) is 2. The van der Waals surface area contributed by atoms with Crippen molar-refractivity contribution in [3.8, 4) is 5.88 Å². The van der Waals surface area contributed by atoms with E-state index in [0.29, 0.717) is 34.3 Å². The number of aliphatic imine (C=N–C) groups is 1. The second kappa shape index (κ2) is 8.82. The van der Waals surface area contributed by atoms with E-state index in [1.807, 2.05) is 54.6 Å². The molecule has 1 saturated heterocycles. The summed E-state index contributed by atoms with van der Waals surface area (Å²) in [5.41, 5.74) is 3.96. The number of nitro groups is 1. The third kappa shape index (κ3) is 4.25. The molecule has 34 heavy (non-hydrogen) atoms. The molecule has 1 aliphatic heterocycles. The van der Waals surface area contributed by atoms with Crippen LogP contribution in [0.4, 0.5) is 11.4 Å². The molecular weight excluding hydrogens is 432 g/mol. The SMILES string of the molecule is O=C1CCC(Cc2ccc(N=C(c3ccccc3)c3c(O)[nH]c4ccc([N+](=O)[O-])cc34)cc2)N1. The standard InChI is InChI=1S/C26H22N4O4/c31-23-13-10-19(27-23)14-16-6-8-18(9-7-16)28-25(17-4-2-1-3-5-17)24-21-15-20(30(33)34)11-12-22(21)29-26(24)32/h1-9,11-12,15,19,29,32H,10,13-14H2,(H,27,31). The molecule has 1 amide bonds. The van der Waals surface area contributed by atoms with Crippen molar-refractivity contribution in [2.75, 3.05) is 0 Å². The van der Waals surface area contributed by atoms with Gasteiger partial charge in [-0.3, -0.25) is 14.9 Å². The van der Waals surface area contributed by atoms with Gasteiger partial charge in [-0.1, -0.05) is 42.5 Å². The Bertz CT molecular complexity index is 1410. The van der Waals surface area contributed by atoms with Crippen LogP contribution in [-0.4, -0.2) is 32.7 Å². The molecule has 3 N–H and O–H groups in total. The van der Waals surface area contributed by atoms with E-state index in [2.05, 4.69) is 10.3 Å². The average molecular weight is 454 g/mol. The Balaban J connectivity index is 1.57. The second-order valence-corrected chi connectivity index (χ2v) is 8.34. The van der Waals surface area contributed by atoms with Gasteiger partial charge in [0.2, 0.25) is 5.91 Å². The van der Waals surface area contributed by atoms with Crippen LogP contribution in [0.1, 0.15) is 29.5 Å². The summed E-state index contributed by atoms with van der Waals surface area (Å²) in [6.45, 7) is 0. The minimum Gasteiger partial charge on any atom is -0.494 e. The number of carbonyl (C=O) groups excluding carboxylic acids is 1. The van der Waals surface area contributed by atoms with Crippen LogP contribution in [-0.2, 0) is 11.2 Å². The maximum atomic E-state index is 11.5. The quantitative estimate of drug-likeness (QED) is 0.221. The highest BCUT2D eigenvalue weighted by molar-refractivity contribution is 6.22.